The van der Waals surface area contributed by atoms with Crippen LogP contribution in [-0.2, 0) is 4.74 Å². The number of hydrogen-bond donors (Lipinski definition) is 2. The van der Waals surface area contributed by atoms with E-state index in [0.29, 0.717) is 6.42 Å². The van der Waals surface area contributed by atoms with Gasteiger partial charge in [-0.25, -0.2) is 0 Å². The molecule has 3 rings (SSSR count). The van der Waals surface area contributed by atoms with Crippen LogP contribution in [0.5, 0.6) is 0 Å². The van der Waals surface area contributed by atoms with Crippen LogP contribution < -0.4 is 0 Å². The third kappa shape index (κ3) is 2.25. The van der Waals surface area contributed by atoms with Crippen molar-refractivity contribution in [1.82, 2.24) is 0 Å². The normalized spacial score (nSPS) is 27.0. The molecule has 1 fully saturated rings. The second-order valence-electron chi connectivity index (χ2n) is 5.21. The minimum Gasteiger partial charge on any atom is -0.394 e. The summed E-state index contributed by atoms with van der Waals surface area (Å²) in [5.41, 5.74) is 2.28. The summed E-state index contributed by atoms with van der Waals surface area (Å²) in [4.78, 5) is 0. The molecule has 0 radical (unpaired) electrons. The molecule has 0 spiro atoms. The fourth-order valence-corrected chi connectivity index (χ4v) is 2.82. The van der Waals surface area contributed by atoms with E-state index >= 15 is 0 Å². The van der Waals surface area contributed by atoms with Gasteiger partial charge in [0.1, 0.15) is 6.10 Å². The Labute approximate surface area is 112 Å². The van der Waals surface area contributed by atoms with Gasteiger partial charge in [0, 0.05) is 6.42 Å². The van der Waals surface area contributed by atoms with Gasteiger partial charge in [-0.05, 0) is 34.9 Å². The first-order valence-corrected chi connectivity index (χ1v) is 6.62. The van der Waals surface area contributed by atoms with Crippen molar-refractivity contribution < 1.29 is 14.9 Å². The van der Waals surface area contributed by atoms with Gasteiger partial charge in [0.2, 0.25) is 0 Å². The summed E-state index contributed by atoms with van der Waals surface area (Å²) < 4.78 is 5.71. The third-order valence-corrected chi connectivity index (χ3v) is 3.87. The van der Waals surface area contributed by atoms with Gasteiger partial charge in [-0.3, -0.25) is 0 Å². The van der Waals surface area contributed by atoms with E-state index in [4.69, 9.17) is 9.84 Å². The molecule has 0 aliphatic carbocycles. The summed E-state index contributed by atoms with van der Waals surface area (Å²) in [5, 5.41) is 21.4. The molecule has 0 amide bonds. The number of aliphatic hydroxyl groups excluding tert-OH is 2. The molecule has 19 heavy (non-hydrogen) atoms. The average molecular weight is 258 g/mol. The van der Waals surface area contributed by atoms with Gasteiger partial charge < -0.3 is 14.9 Å². The second kappa shape index (κ2) is 4.93. The molecule has 1 heterocycles. The highest BCUT2D eigenvalue weighted by atomic mass is 16.5. The molecule has 1 aliphatic heterocycles. The SMILES string of the molecule is Cc1cc([C@H]2C[C@H](O)[C@@H](CO)O2)cc2ccccc12. The summed E-state index contributed by atoms with van der Waals surface area (Å²) in [6, 6.07) is 12.5. The van der Waals surface area contributed by atoms with Gasteiger partial charge in [-0.1, -0.05) is 30.3 Å². The fraction of sp³-hybridized carbons (Fsp3) is 0.375. The van der Waals surface area contributed by atoms with Crippen molar-refractivity contribution in [2.24, 2.45) is 0 Å². The number of rotatable bonds is 2. The molecule has 100 valence electrons. The van der Waals surface area contributed by atoms with Crippen molar-refractivity contribution in [3.8, 4) is 0 Å². The van der Waals surface area contributed by atoms with Crippen LogP contribution in [-0.4, -0.2) is 29.0 Å². The first-order chi connectivity index (χ1) is 9.19. The summed E-state index contributed by atoms with van der Waals surface area (Å²) >= 11 is 0. The zero-order valence-electron chi connectivity index (χ0n) is 10.9. The zero-order chi connectivity index (χ0) is 13.4. The van der Waals surface area contributed by atoms with Crippen LogP contribution in [0.15, 0.2) is 36.4 Å². The molecule has 3 heteroatoms. The first kappa shape index (κ1) is 12.6. The first-order valence-electron chi connectivity index (χ1n) is 6.62. The number of ether oxygens (including phenoxy) is 1. The van der Waals surface area contributed by atoms with Crippen molar-refractivity contribution >= 4 is 10.8 Å². The highest BCUT2D eigenvalue weighted by molar-refractivity contribution is 5.86. The van der Waals surface area contributed by atoms with Crippen LogP contribution in [0.2, 0.25) is 0 Å². The summed E-state index contributed by atoms with van der Waals surface area (Å²) in [7, 11) is 0. The number of fused-ring (bicyclic) bond motifs is 1. The maximum Gasteiger partial charge on any atom is 0.107 e. The molecule has 2 aromatic carbocycles. The number of hydrogen-bond acceptors (Lipinski definition) is 3. The molecule has 0 saturated carbocycles. The van der Waals surface area contributed by atoms with Crippen LogP contribution in [0.1, 0.15) is 23.7 Å². The van der Waals surface area contributed by atoms with E-state index < -0.39 is 12.2 Å². The molecule has 0 bridgehead atoms. The number of benzene rings is 2. The van der Waals surface area contributed by atoms with Crippen molar-refractivity contribution in [2.75, 3.05) is 6.61 Å². The number of aliphatic hydroxyl groups is 2. The molecule has 3 nitrogen and oxygen atoms in total. The smallest absolute Gasteiger partial charge is 0.107 e. The molecular formula is C16H18O3. The van der Waals surface area contributed by atoms with Crippen molar-refractivity contribution in [2.45, 2.75) is 31.7 Å². The van der Waals surface area contributed by atoms with Crippen molar-refractivity contribution in [3.63, 3.8) is 0 Å². The van der Waals surface area contributed by atoms with E-state index in [1.165, 1.54) is 16.3 Å². The zero-order valence-corrected chi connectivity index (χ0v) is 10.9. The molecule has 1 aliphatic rings. The average Bonchev–Trinajstić information content (AvgIpc) is 2.80. The maximum atomic E-state index is 9.82. The maximum absolute atomic E-state index is 9.82. The van der Waals surface area contributed by atoms with Gasteiger partial charge in [-0.15, -0.1) is 0 Å². The Morgan fingerprint density at radius 1 is 1.26 bits per heavy atom. The third-order valence-electron chi connectivity index (χ3n) is 3.87. The Kier molecular flexibility index (Phi) is 3.27. The Morgan fingerprint density at radius 3 is 2.79 bits per heavy atom. The monoisotopic (exact) mass is 258 g/mol. The summed E-state index contributed by atoms with van der Waals surface area (Å²) in [6.45, 7) is 1.95. The van der Waals surface area contributed by atoms with Crippen LogP contribution in [0.3, 0.4) is 0 Å². The summed E-state index contributed by atoms with van der Waals surface area (Å²) in [6.07, 6.45) is -0.628. The van der Waals surface area contributed by atoms with Crippen molar-refractivity contribution in [1.29, 1.82) is 0 Å². The van der Waals surface area contributed by atoms with Gasteiger partial charge >= 0.3 is 0 Å². The Hall–Kier alpha value is -1.42. The lowest BCUT2D eigenvalue weighted by molar-refractivity contribution is -0.0225. The molecule has 0 unspecified atom stereocenters. The standard InChI is InChI=1S/C16H18O3/c1-10-6-12(7-11-4-2-3-5-13(10)11)15-8-14(18)16(9-17)19-15/h2-7,14-18H,8-9H2,1H3/t14-,15+,16+/m0/s1. The Bertz CT molecular complexity index is 594. The van der Waals surface area contributed by atoms with E-state index in [2.05, 4.69) is 31.2 Å². The molecule has 3 atom stereocenters. The predicted molar refractivity (Wildman–Crippen MR) is 74.0 cm³/mol. The van der Waals surface area contributed by atoms with Crippen LogP contribution >= 0.6 is 0 Å². The molecular weight excluding hydrogens is 240 g/mol. The van der Waals surface area contributed by atoms with Gasteiger partial charge in [-0.2, -0.15) is 0 Å². The topological polar surface area (TPSA) is 49.7 Å². The van der Waals surface area contributed by atoms with Crippen LogP contribution in [0.25, 0.3) is 10.8 Å². The van der Waals surface area contributed by atoms with E-state index in [9.17, 15) is 5.11 Å². The van der Waals surface area contributed by atoms with Gasteiger partial charge in [0.25, 0.3) is 0 Å². The van der Waals surface area contributed by atoms with Crippen molar-refractivity contribution in [3.05, 3.63) is 47.5 Å². The fourth-order valence-electron chi connectivity index (χ4n) is 2.82. The molecule has 0 aromatic heterocycles. The molecule has 1 saturated heterocycles. The predicted octanol–water partition coefficient (Wildman–Crippen LogP) is 2.33. The summed E-state index contributed by atoms with van der Waals surface area (Å²) in [5.74, 6) is 0. The highest BCUT2D eigenvalue weighted by Gasteiger charge is 2.34. The van der Waals surface area contributed by atoms with E-state index in [0.717, 1.165) is 5.56 Å². The molecule has 2 aromatic rings. The minimum atomic E-state index is -0.582. The minimum absolute atomic E-state index is 0.129. The Morgan fingerprint density at radius 2 is 2.05 bits per heavy atom. The second-order valence-corrected chi connectivity index (χ2v) is 5.21. The van der Waals surface area contributed by atoms with E-state index in [-0.39, 0.29) is 12.7 Å². The van der Waals surface area contributed by atoms with E-state index in [1.807, 2.05) is 12.1 Å². The lowest BCUT2D eigenvalue weighted by atomic mass is 9.97. The lowest BCUT2D eigenvalue weighted by Gasteiger charge is -2.14. The quantitative estimate of drug-likeness (QED) is 0.869. The van der Waals surface area contributed by atoms with Gasteiger partial charge in [0.05, 0.1) is 18.8 Å². The lowest BCUT2D eigenvalue weighted by Crippen LogP contribution is -2.24. The van der Waals surface area contributed by atoms with E-state index in [1.54, 1.807) is 0 Å². The van der Waals surface area contributed by atoms with Crippen LogP contribution in [0.4, 0.5) is 0 Å². The molecule has 2 N–H and O–H groups in total. The largest absolute Gasteiger partial charge is 0.394 e. The number of aryl methyl sites for hydroxylation is 1. The highest BCUT2D eigenvalue weighted by Crippen LogP contribution is 2.35. The van der Waals surface area contributed by atoms with Gasteiger partial charge in [0.15, 0.2) is 0 Å². The Balaban J connectivity index is 1.98. The van der Waals surface area contributed by atoms with Crippen LogP contribution in [0, 0.1) is 6.92 Å².